The van der Waals surface area contributed by atoms with Gasteiger partial charge in [0, 0.05) is 28.8 Å². The fourth-order valence-corrected chi connectivity index (χ4v) is 2.32. The van der Waals surface area contributed by atoms with Crippen molar-refractivity contribution in [3.63, 3.8) is 0 Å². The van der Waals surface area contributed by atoms with Crippen LogP contribution in [-0.4, -0.2) is 11.5 Å². The molecule has 0 aliphatic heterocycles. The third kappa shape index (κ3) is 4.46. The number of non-ortho nitro benzene ring substituents is 1. The Morgan fingerprint density at radius 1 is 1.29 bits per heavy atom. The van der Waals surface area contributed by atoms with E-state index < -0.39 is 4.92 Å². The number of halogens is 1. The summed E-state index contributed by atoms with van der Waals surface area (Å²) < 4.78 is 6.63. The van der Waals surface area contributed by atoms with E-state index >= 15 is 0 Å². The van der Waals surface area contributed by atoms with Gasteiger partial charge in [0.15, 0.2) is 0 Å². The van der Waals surface area contributed by atoms with Crippen molar-refractivity contribution in [2.45, 2.75) is 13.5 Å². The Bertz CT molecular complexity index is 647. The van der Waals surface area contributed by atoms with E-state index in [1.165, 1.54) is 12.1 Å². The van der Waals surface area contributed by atoms with Crippen LogP contribution in [0.25, 0.3) is 0 Å². The van der Waals surface area contributed by atoms with Crippen LogP contribution in [0.3, 0.4) is 0 Å². The summed E-state index contributed by atoms with van der Waals surface area (Å²) in [4.78, 5) is 10.5. The molecule has 2 aromatic rings. The van der Waals surface area contributed by atoms with Gasteiger partial charge in [-0.25, -0.2) is 0 Å². The van der Waals surface area contributed by atoms with E-state index in [9.17, 15) is 10.1 Å². The molecule has 0 saturated heterocycles. The molecule has 0 bridgehead atoms. The zero-order valence-corrected chi connectivity index (χ0v) is 13.1. The van der Waals surface area contributed by atoms with Gasteiger partial charge in [-0.05, 0) is 24.6 Å². The Morgan fingerprint density at radius 3 is 2.76 bits per heavy atom. The van der Waals surface area contributed by atoms with Crippen LogP contribution in [0.15, 0.2) is 46.9 Å². The number of nitro groups is 1. The number of nitro benzene ring substituents is 1. The first-order valence-corrected chi connectivity index (χ1v) is 7.28. The molecule has 0 amide bonds. The van der Waals surface area contributed by atoms with Crippen LogP contribution in [0.5, 0.6) is 5.75 Å². The van der Waals surface area contributed by atoms with E-state index in [1.54, 1.807) is 6.07 Å². The highest BCUT2D eigenvalue weighted by Gasteiger charge is 2.10. The second kappa shape index (κ2) is 7.08. The molecule has 0 radical (unpaired) electrons. The first-order chi connectivity index (χ1) is 10.1. The van der Waals surface area contributed by atoms with Gasteiger partial charge >= 0.3 is 0 Å². The largest absolute Gasteiger partial charge is 0.489 e. The van der Waals surface area contributed by atoms with Crippen LogP contribution in [0.1, 0.15) is 12.5 Å². The van der Waals surface area contributed by atoms with Crippen molar-refractivity contribution < 1.29 is 9.66 Å². The Labute approximate surface area is 131 Å². The fraction of sp³-hybridized carbons (Fsp3) is 0.200. The topological polar surface area (TPSA) is 64.4 Å². The SMILES string of the molecule is CCNc1cc(OCc2cccc(Br)c2)cc([N+](=O)[O-])c1. The Hall–Kier alpha value is -2.08. The minimum Gasteiger partial charge on any atom is -0.489 e. The maximum atomic E-state index is 10.9. The summed E-state index contributed by atoms with van der Waals surface area (Å²) in [6.45, 7) is 2.97. The van der Waals surface area contributed by atoms with Gasteiger partial charge in [0.25, 0.3) is 5.69 Å². The van der Waals surface area contributed by atoms with Crippen LogP contribution in [0.4, 0.5) is 11.4 Å². The van der Waals surface area contributed by atoms with Crippen molar-refractivity contribution in [3.8, 4) is 5.75 Å². The lowest BCUT2D eigenvalue weighted by atomic mass is 10.2. The van der Waals surface area contributed by atoms with Crippen molar-refractivity contribution >= 4 is 27.3 Å². The molecule has 2 rings (SSSR count). The summed E-state index contributed by atoms with van der Waals surface area (Å²) in [5.41, 5.74) is 1.68. The van der Waals surface area contributed by atoms with Gasteiger partial charge < -0.3 is 10.1 Å². The monoisotopic (exact) mass is 350 g/mol. The average Bonchev–Trinajstić information content (AvgIpc) is 2.45. The van der Waals surface area contributed by atoms with Crippen molar-refractivity contribution in [1.82, 2.24) is 0 Å². The van der Waals surface area contributed by atoms with Gasteiger partial charge in [-0.1, -0.05) is 28.1 Å². The maximum Gasteiger partial charge on any atom is 0.275 e. The van der Waals surface area contributed by atoms with Crippen LogP contribution < -0.4 is 10.1 Å². The summed E-state index contributed by atoms with van der Waals surface area (Å²) in [6.07, 6.45) is 0. The minimum atomic E-state index is -0.424. The third-order valence-electron chi connectivity index (χ3n) is 2.78. The van der Waals surface area contributed by atoms with Crippen LogP contribution in [0.2, 0.25) is 0 Å². The highest BCUT2D eigenvalue weighted by molar-refractivity contribution is 9.10. The standard InChI is InChI=1S/C15H15BrN2O3/c1-2-17-13-7-14(18(19)20)9-15(8-13)21-10-11-4-3-5-12(16)6-11/h3-9,17H,2,10H2,1H3. The summed E-state index contributed by atoms with van der Waals surface area (Å²) >= 11 is 3.40. The number of benzene rings is 2. The minimum absolute atomic E-state index is 0.0118. The van der Waals surface area contributed by atoms with Gasteiger partial charge in [-0.3, -0.25) is 10.1 Å². The second-order valence-corrected chi connectivity index (χ2v) is 5.34. The first-order valence-electron chi connectivity index (χ1n) is 6.49. The highest BCUT2D eigenvalue weighted by atomic mass is 79.9. The number of ether oxygens (including phenoxy) is 1. The molecule has 0 heterocycles. The molecule has 6 heteroatoms. The smallest absolute Gasteiger partial charge is 0.275 e. The third-order valence-corrected chi connectivity index (χ3v) is 3.27. The quantitative estimate of drug-likeness (QED) is 0.620. The average molecular weight is 351 g/mol. The summed E-state index contributed by atoms with van der Waals surface area (Å²) in [5.74, 6) is 0.472. The van der Waals surface area contributed by atoms with Crippen LogP contribution in [-0.2, 0) is 6.61 Å². The number of nitrogens with one attached hydrogen (secondary N) is 1. The Balaban J connectivity index is 2.16. The van der Waals surface area contributed by atoms with E-state index in [0.29, 0.717) is 24.6 Å². The van der Waals surface area contributed by atoms with Crippen molar-refractivity contribution in [1.29, 1.82) is 0 Å². The molecule has 5 nitrogen and oxygen atoms in total. The van der Waals surface area contributed by atoms with E-state index in [1.807, 2.05) is 31.2 Å². The Morgan fingerprint density at radius 2 is 2.10 bits per heavy atom. The van der Waals surface area contributed by atoms with Crippen molar-refractivity contribution in [3.05, 3.63) is 62.6 Å². The number of anilines is 1. The second-order valence-electron chi connectivity index (χ2n) is 4.42. The molecular formula is C15H15BrN2O3. The van der Waals surface area contributed by atoms with Gasteiger partial charge in [0.2, 0.25) is 0 Å². The summed E-state index contributed by atoms with van der Waals surface area (Å²) in [5, 5.41) is 14.0. The van der Waals surface area contributed by atoms with Gasteiger partial charge in [-0.15, -0.1) is 0 Å². The Kier molecular flexibility index (Phi) is 5.16. The highest BCUT2D eigenvalue weighted by Crippen LogP contribution is 2.26. The molecule has 0 unspecified atom stereocenters. The first kappa shape index (κ1) is 15.3. The molecule has 0 fully saturated rings. The molecular weight excluding hydrogens is 336 g/mol. The van der Waals surface area contributed by atoms with E-state index in [2.05, 4.69) is 21.2 Å². The lowest BCUT2D eigenvalue weighted by molar-refractivity contribution is -0.384. The number of hydrogen-bond donors (Lipinski definition) is 1. The van der Waals surface area contributed by atoms with E-state index in [0.717, 1.165) is 10.0 Å². The summed E-state index contributed by atoms with van der Waals surface area (Å²) in [6, 6.07) is 12.4. The molecule has 2 aromatic carbocycles. The lowest BCUT2D eigenvalue weighted by Crippen LogP contribution is -2.00. The zero-order chi connectivity index (χ0) is 15.2. The van der Waals surface area contributed by atoms with Gasteiger partial charge in [0.05, 0.1) is 11.0 Å². The molecule has 1 N–H and O–H groups in total. The lowest BCUT2D eigenvalue weighted by Gasteiger charge is -2.09. The fourth-order valence-electron chi connectivity index (χ4n) is 1.87. The number of hydrogen-bond acceptors (Lipinski definition) is 4. The zero-order valence-electron chi connectivity index (χ0n) is 11.5. The predicted molar refractivity (Wildman–Crippen MR) is 85.7 cm³/mol. The van der Waals surface area contributed by atoms with Crippen molar-refractivity contribution in [2.24, 2.45) is 0 Å². The number of nitrogens with zero attached hydrogens (tertiary/aromatic N) is 1. The molecule has 110 valence electrons. The van der Waals surface area contributed by atoms with E-state index in [4.69, 9.17) is 4.74 Å². The van der Waals surface area contributed by atoms with Crippen LogP contribution >= 0.6 is 15.9 Å². The van der Waals surface area contributed by atoms with Gasteiger partial charge in [0.1, 0.15) is 12.4 Å². The summed E-state index contributed by atoms with van der Waals surface area (Å²) in [7, 11) is 0. The normalized spacial score (nSPS) is 10.2. The molecule has 0 spiro atoms. The molecule has 0 aromatic heterocycles. The maximum absolute atomic E-state index is 10.9. The van der Waals surface area contributed by atoms with Gasteiger partial charge in [-0.2, -0.15) is 0 Å². The molecule has 0 saturated carbocycles. The van der Waals surface area contributed by atoms with Crippen molar-refractivity contribution in [2.75, 3.05) is 11.9 Å². The van der Waals surface area contributed by atoms with Crippen LogP contribution in [0, 0.1) is 10.1 Å². The number of rotatable bonds is 6. The molecule has 0 atom stereocenters. The van der Waals surface area contributed by atoms with E-state index in [-0.39, 0.29) is 5.69 Å². The predicted octanol–water partition coefficient (Wildman–Crippen LogP) is 4.37. The molecule has 21 heavy (non-hydrogen) atoms. The molecule has 0 aliphatic rings. The molecule has 0 aliphatic carbocycles.